The largest absolute Gasteiger partial charge is 0.380 e. The minimum Gasteiger partial charge on any atom is -0.380 e. The van der Waals surface area contributed by atoms with Gasteiger partial charge in [-0.15, -0.1) is 0 Å². The first kappa shape index (κ1) is 17.3. The normalized spacial score (nSPS) is 10.3. The Balaban J connectivity index is 1.69. The number of halogens is 2. The van der Waals surface area contributed by atoms with E-state index in [1.165, 1.54) is 6.20 Å². The Morgan fingerprint density at radius 1 is 1.00 bits per heavy atom. The van der Waals surface area contributed by atoms with E-state index in [1.54, 1.807) is 30.5 Å². The second kappa shape index (κ2) is 8.01. The van der Waals surface area contributed by atoms with E-state index in [0.717, 1.165) is 11.3 Å². The molecule has 0 aliphatic rings. The van der Waals surface area contributed by atoms with E-state index >= 15 is 0 Å². The molecular weight excluding hydrogens is 357 g/mol. The van der Waals surface area contributed by atoms with Crippen molar-refractivity contribution in [1.29, 1.82) is 0 Å². The lowest BCUT2D eigenvalue weighted by atomic mass is 10.2. The van der Waals surface area contributed by atoms with Crippen molar-refractivity contribution in [1.82, 2.24) is 4.98 Å². The number of anilines is 2. The molecule has 4 nitrogen and oxygen atoms in total. The maximum atomic E-state index is 12.4. The summed E-state index contributed by atoms with van der Waals surface area (Å²) in [6, 6.07) is 16.6. The molecule has 0 saturated heterocycles. The Morgan fingerprint density at radius 3 is 2.56 bits per heavy atom. The van der Waals surface area contributed by atoms with Crippen molar-refractivity contribution in [3.05, 3.63) is 88.2 Å². The quantitative estimate of drug-likeness (QED) is 0.643. The second-order valence-corrected chi connectivity index (χ2v) is 6.22. The van der Waals surface area contributed by atoms with Gasteiger partial charge in [0.15, 0.2) is 0 Å². The van der Waals surface area contributed by atoms with E-state index in [-0.39, 0.29) is 5.91 Å². The fourth-order valence-corrected chi connectivity index (χ4v) is 2.70. The highest BCUT2D eigenvalue weighted by Crippen LogP contribution is 2.26. The zero-order valence-electron chi connectivity index (χ0n) is 13.2. The molecule has 25 heavy (non-hydrogen) atoms. The van der Waals surface area contributed by atoms with E-state index in [9.17, 15) is 4.79 Å². The van der Waals surface area contributed by atoms with Gasteiger partial charge in [0, 0.05) is 24.0 Å². The molecule has 1 amide bonds. The summed E-state index contributed by atoms with van der Waals surface area (Å²) >= 11 is 11.9. The summed E-state index contributed by atoms with van der Waals surface area (Å²) in [4.78, 5) is 16.5. The van der Waals surface area contributed by atoms with Crippen LogP contribution in [0.3, 0.4) is 0 Å². The summed E-state index contributed by atoms with van der Waals surface area (Å²) in [5.74, 6) is -0.292. The van der Waals surface area contributed by atoms with Gasteiger partial charge in [0.05, 0.1) is 22.0 Å². The summed E-state index contributed by atoms with van der Waals surface area (Å²) in [7, 11) is 0. The van der Waals surface area contributed by atoms with Crippen LogP contribution in [0, 0.1) is 0 Å². The fraction of sp³-hybridized carbons (Fsp3) is 0.0526. The van der Waals surface area contributed by atoms with Gasteiger partial charge < -0.3 is 10.6 Å². The summed E-state index contributed by atoms with van der Waals surface area (Å²) in [6.45, 7) is 0.649. The van der Waals surface area contributed by atoms with Gasteiger partial charge in [-0.2, -0.15) is 0 Å². The lowest BCUT2D eigenvalue weighted by Gasteiger charge is -2.10. The topological polar surface area (TPSA) is 54.0 Å². The van der Waals surface area contributed by atoms with Crippen LogP contribution in [0.5, 0.6) is 0 Å². The second-order valence-electron chi connectivity index (χ2n) is 5.38. The number of aromatic nitrogens is 1. The Kier molecular flexibility index (Phi) is 5.53. The van der Waals surface area contributed by atoms with Crippen LogP contribution in [0.25, 0.3) is 0 Å². The summed E-state index contributed by atoms with van der Waals surface area (Å²) in [5, 5.41) is 6.90. The molecule has 3 rings (SSSR count). The third kappa shape index (κ3) is 4.72. The highest BCUT2D eigenvalue weighted by atomic mass is 35.5. The summed E-state index contributed by atoms with van der Waals surface area (Å²) in [6.07, 6.45) is 3.18. The number of pyridine rings is 1. The Bertz CT molecular complexity index is 885. The van der Waals surface area contributed by atoms with Crippen LogP contribution in [0.1, 0.15) is 15.9 Å². The molecule has 0 aliphatic heterocycles. The Labute approximate surface area is 155 Å². The predicted octanol–water partition coefficient (Wildman–Crippen LogP) is 5.25. The maximum absolute atomic E-state index is 12.4. The standard InChI is InChI=1S/C19H15Cl2N3O/c20-15-6-7-18(17(21)9-15)24-19(25)14-8-16(12-22-11-14)23-10-13-4-2-1-3-5-13/h1-9,11-12,23H,10H2,(H,24,25). The third-order valence-corrected chi connectivity index (χ3v) is 4.07. The van der Waals surface area contributed by atoms with Crippen molar-refractivity contribution in [2.75, 3.05) is 10.6 Å². The molecular formula is C19H15Cl2N3O. The van der Waals surface area contributed by atoms with Gasteiger partial charge in [-0.3, -0.25) is 9.78 Å². The number of amides is 1. The van der Waals surface area contributed by atoms with E-state index in [0.29, 0.717) is 27.8 Å². The number of rotatable bonds is 5. The molecule has 1 aromatic heterocycles. The summed E-state index contributed by atoms with van der Waals surface area (Å²) in [5.41, 5.74) is 2.84. The molecule has 3 aromatic rings. The molecule has 0 spiro atoms. The number of nitrogens with one attached hydrogen (secondary N) is 2. The van der Waals surface area contributed by atoms with Gasteiger partial charge in [0.2, 0.25) is 0 Å². The van der Waals surface area contributed by atoms with Gasteiger partial charge in [-0.25, -0.2) is 0 Å². The predicted molar refractivity (Wildman–Crippen MR) is 102 cm³/mol. The number of carbonyl (C=O) groups excluding carboxylic acids is 1. The zero-order valence-corrected chi connectivity index (χ0v) is 14.7. The number of hydrogen-bond donors (Lipinski definition) is 2. The highest BCUT2D eigenvalue weighted by molar-refractivity contribution is 6.36. The summed E-state index contributed by atoms with van der Waals surface area (Å²) < 4.78 is 0. The van der Waals surface area contributed by atoms with Gasteiger partial charge in [0.25, 0.3) is 5.91 Å². The van der Waals surface area contributed by atoms with Crippen LogP contribution in [0.4, 0.5) is 11.4 Å². The van der Waals surface area contributed by atoms with E-state index < -0.39 is 0 Å². The number of nitrogens with zero attached hydrogens (tertiary/aromatic N) is 1. The van der Waals surface area contributed by atoms with Crippen molar-refractivity contribution in [3.63, 3.8) is 0 Å². The molecule has 126 valence electrons. The minimum atomic E-state index is -0.292. The first-order valence-electron chi connectivity index (χ1n) is 7.61. The van der Waals surface area contributed by atoms with E-state index in [2.05, 4.69) is 15.6 Å². The third-order valence-electron chi connectivity index (χ3n) is 3.52. The lowest BCUT2D eigenvalue weighted by Crippen LogP contribution is -2.13. The van der Waals surface area contributed by atoms with Crippen LogP contribution >= 0.6 is 23.2 Å². The van der Waals surface area contributed by atoms with Gasteiger partial charge in [-0.05, 0) is 29.8 Å². The lowest BCUT2D eigenvalue weighted by molar-refractivity contribution is 0.102. The van der Waals surface area contributed by atoms with Crippen molar-refractivity contribution in [2.24, 2.45) is 0 Å². The zero-order chi connectivity index (χ0) is 17.6. The molecule has 0 aliphatic carbocycles. The fourth-order valence-electron chi connectivity index (χ4n) is 2.25. The number of hydrogen-bond acceptors (Lipinski definition) is 3. The number of carbonyl (C=O) groups is 1. The molecule has 2 N–H and O–H groups in total. The SMILES string of the molecule is O=C(Nc1ccc(Cl)cc1Cl)c1cncc(NCc2ccccc2)c1. The monoisotopic (exact) mass is 371 g/mol. The average molecular weight is 372 g/mol. The molecule has 6 heteroatoms. The molecule has 0 saturated carbocycles. The molecule has 0 unspecified atom stereocenters. The molecule has 0 radical (unpaired) electrons. The first-order chi connectivity index (χ1) is 12.1. The van der Waals surface area contributed by atoms with Crippen molar-refractivity contribution in [3.8, 4) is 0 Å². The van der Waals surface area contributed by atoms with Crippen molar-refractivity contribution in [2.45, 2.75) is 6.54 Å². The highest BCUT2D eigenvalue weighted by Gasteiger charge is 2.10. The van der Waals surface area contributed by atoms with Gasteiger partial charge >= 0.3 is 0 Å². The smallest absolute Gasteiger partial charge is 0.257 e. The van der Waals surface area contributed by atoms with Crippen LogP contribution in [0.2, 0.25) is 10.0 Å². The first-order valence-corrected chi connectivity index (χ1v) is 8.36. The van der Waals surface area contributed by atoms with Crippen LogP contribution in [-0.4, -0.2) is 10.9 Å². The van der Waals surface area contributed by atoms with Crippen LogP contribution < -0.4 is 10.6 Å². The van der Waals surface area contributed by atoms with Crippen molar-refractivity contribution >= 4 is 40.5 Å². The average Bonchev–Trinajstić information content (AvgIpc) is 2.63. The molecule has 2 aromatic carbocycles. The maximum Gasteiger partial charge on any atom is 0.257 e. The number of benzene rings is 2. The Hall–Kier alpha value is -2.56. The van der Waals surface area contributed by atoms with Crippen molar-refractivity contribution < 1.29 is 4.79 Å². The molecule has 1 heterocycles. The minimum absolute atomic E-state index is 0.292. The Morgan fingerprint density at radius 2 is 1.80 bits per heavy atom. The van der Waals surface area contributed by atoms with Gasteiger partial charge in [0.1, 0.15) is 0 Å². The van der Waals surface area contributed by atoms with Gasteiger partial charge in [-0.1, -0.05) is 53.5 Å². The van der Waals surface area contributed by atoms with E-state index in [4.69, 9.17) is 23.2 Å². The molecule has 0 bridgehead atoms. The molecule has 0 atom stereocenters. The van der Waals surface area contributed by atoms with Crippen LogP contribution in [0.15, 0.2) is 67.0 Å². The van der Waals surface area contributed by atoms with E-state index in [1.807, 2.05) is 30.3 Å². The molecule has 0 fully saturated rings. The van der Waals surface area contributed by atoms with Crippen LogP contribution in [-0.2, 0) is 6.54 Å².